The maximum absolute atomic E-state index is 12.6. The minimum Gasteiger partial charge on any atom is -0.464 e. The van der Waals surface area contributed by atoms with Crippen LogP contribution in [0.3, 0.4) is 0 Å². The highest BCUT2D eigenvalue weighted by molar-refractivity contribution is 7.86. The largest absolute Gasteiger partial charge is 0.464 e. The lowest BCUT2D eigenvalue weighted by atomic mass is 10.3. The number of halogens is 1. The molecule has 0 atom stereocenters. The first-order chi connectivity index (χ1) is 6.46. The topological polar surface area (TPSA) is 73.3 Å². The predicted molar refractivity (Wildman–Crippen MR) is 43.9 cm³/mol. The lowest BCUT2D eigenvalue weighted by molar-refractivity contribution is 0.0589. The lowest BCUT2D eigenvalue weighted by Crippen LogP contribution is -2.09. The van der Waals surface area contributed by atoms with Gasteiger partial charge in [-0.2, -0.15) is 8.42 Å². The van der Waals surface area contributed by atoms with Crippen LogP contribution in [-0.2, 0) is 15.0 Å². The first kappa shape index (κ1) is 10.6. The van der Waals surface area contributed by atoms with Crippen molar-refractivity contribution >= 4 is 16.2 Å². The minimum atomic E-state index is -4.95. The van der Waals surface area contributed by atoms with Gasteiger partial charge in [0, 0.05) is 6.20 Å². The summed E-state index contributed by atoms with van der Waals surface area (Å²) in [5.41, 5.74) is -0.558. The second kappa shape index (κ2) is 3.70. The zero-order chi connectivity index (χ0) is 10.8. The van der Waals surface area contributed by atoms with Gasteiger partial charge in [0.15, 0.2) is 5.69 Å². The molecule has 1 aromatic heterocycles. The van der Waals surface area contributed by atoms with Gasteiger partial charge in [-0.15, -0.1) is 3.89 Å². The lowest BCUT2D eigenvalue weighted by Gasteiger charge is -2.01. The third-order valence-corrected chi connectivity index (χ3v) is 2.27. The van der Waals surface area contributed by atoms with E-state index >= 15 is 0 Å². The molecule has 0 unspecified atom stereocenters. The van der Waals surface area contributed by atoms with Crippen molar-refractivity contribution in [2.24, 2.45) is 0 Å². The van der Waals surface area contributed by atoms with Gasteiger partial charge in [-0.3, -0.25) is 0 Å². The monoisotopic (exact) mass is 219 g/mol. The molecular weight excluding hydrogens is 213 g/mol. The van der Waals surface area contributed by atoms with Crippen molar-refractivity contribution in [1.82, 2.24) is 4.98 Å². The molecule has 0 fully saturated rings. The van der Waals surface area contributed by atoms with Gasteiger partial charge in [0.1, 0.15) is 4.90 Å². The number of aromatic nitrogens is 1. The van der Waals surface area contributed by atoms with Gasteiger partial charge in [0.2, 0.25) is 0 Å². The number of hydrogen-bond acceptors (Lipinski definition) is 5. The molecule has 14 heavy (non-hydrogen) atoms. The standard InChI is InChI=1S/C7H6FNO4S/c1-13-7(10)6-5(14(8,11)12)3-2-4-9-6/h2-4H,1H3. The fourth-order valence-electron chi connectivity index (χ4n) is 0.837. The molecule has 0 N–H and O–H groups in total. The maximum atomic E-state index is 12.6. The first-order valence-electron chi connectivity index (χ1n) is 3.45. The molecule has 76 valence electrons. The number of hydrogen-bond donors (Lipinski definition) is 0. The van der Waals surface area contributed by atoms with Crippen LogP contribution in [0.25, 0.3) is 0 Å². The molecule has 0 spiro atoms. The Kier molecular flexibility index (Phi) is 2.80. The SMILES string of the molecule is COC(=O)c1ncccc1S(=O)(=O)F. The molecule has 0 radical (unpaired) electrons. The summed E-state index contributed by atoms with van der Waals surface area (Å²) in [6.45, 7) is 0. The minimum absolute atomic E-state index is 0.558. The Morgan fingerprint density at radius 3 is 2.71 bits per heavy atom. The number of nitrogens with zero attached hydrogens (tertiary/aromatic N) is 1. The fourth-order valence-corrected chi connectivity index (χ4v) is 1.45. The molecule has 5 nitrogen and oxygen atoms in total. The van der Waals surface area contributed by atoms with Crippen LogP contribution in [0.2, 0.25) is 0 Å². The second-order valence-electron chi connectivity index (χ2n) is 2.28. The summed E-state index contributed by atoms with van der Waals surface area (Å²) in [5.74, 6) is -0.998. The summed E-state index contributed by atoms with van der Waals surface area (Å²) in [5, 5.41) is 0. The van der Waals surface area contributed by atoms with Gasteiger partial charge < -0.3 is 4.74 Å². The molecule has 0 aliphatic carbocycles. The molecule has 0 aromatic carbocycles. The number of pyridine rings is 1. The van der Waals surface area contributed by atoms with Gasteiger partial charge in [-0.25, -0.2) is 9.78 Å². The van der Waals surface area contributed by atoms with Crippen molar-refractivity contribution in [3.05, 3.63) is 24.0 Å². The molecule has 0 amide bonds. The van der Waals surface area contributed by atoms with E-state index in [1.807, 2.05) is 0 Å². The Labute approximate surface area is 79.7 Å². The summed E-state index contributed by atoms with van der Waals surface area (Å²) >= 11 is 0. The summed E-state index contributed by atoms with van der Waals surface area (Å²) in [7, 11) is -3.90. The zero-order valence-electron chi connectivity index (χ0n) is 7.10. The Morgan fingerprint density at radius 1 is 1.57 bits per heavy atom. The van der Waals surface area contributed by atoms with Crippen LogP contribution in [0.5, 0.6) is 0 Å². The van der Waals surface area contributed by atoms with Gasteiger partial charge >= 0.3 is 16.2 Å². The van der Waals surface area contributed by atoms with Crippen LogP contribution in [-0.4, -0.2) is 26.5 Å². The van der Waals surface area contributed by atoms with E-state index in [1.54, 1.807) is 0 Å². The Hall–Kier alpha value is -1.50. The quantitative estimate of drug-likeness (QED) is 0.535. The van der Waals surface area contributed by atoms with Crippen molar-refractivity contribution in [3.8, 4) is 0 Å². The summed E-state index contributed by atoms with van der Waals surface area (Å²) in [6, 6.07) is 2.15. The Bertz CT molecular complexity index is 457. The van der Waals surface area contributed by atoms with Crippen LogP contribution < -0.4 is 0 Å². The maximum Gasteiger partial charge on any atom is 0.358 e. The number of carbonyl (C=O) groups is 1. The van der Waals surface area contributed by atoms with E-state index in [0.717, 1.165) is 13.2 Å². The van der Waals surface area contributed by atoms with Crippen LogP contribution >= 0.6 is 0 Å². The van der Waals surface area contributed by atoms with Gasteiger partial charge in [0.05, 0.1) is 7.11 Å². The van der Waals surface area contributed by atoms with E-state index < -0.39 is 26.8 Å². The second-order valence-corrected chi connectivity index (χ2v) is 3.60. The summed E-state index contributed by atoms with van der Waals surface area (Å²) in [6.07, 6.45) is 1.17. The van der Waals surface area contributed by atoms with E-state index in [4.69, 9.17) is 0 Å². The average Bonchev–Trinajstić information content (AvgIpc) is 2.15. The molecular formula is C7H6FNO4S. The third-order valence-electron chi connectivity index (χ3n) is 1.41. The van der Waals surface area contributed by atoms with Crippen LogP contribution in [0.4, 0.5) is 3.89 Å². The van der Waals surface area contributed by atoms with Crippen molar-refractivity contribution in [1.29, 1.82) is 0 Å². The normalized spacial score (nSPS) is 11.0. The molecule has 0 saturated carbocycles. The average molecular weight is 219 g/mol. The fraction of sp³-hybridized carbons (Fsp3) is 0.143. The molecule has 1 aromatic rings. The van der Waals surface area contributed by atoms with E-state index in [9.17, 15) is 17.1 Å². The van der Waals surface area contributed by atoms with E-state index in [-0.39, 0.29) is 0 Å². The highest BCUT2D eigenvalue weighted by Crippen LogP contribution is 2.15. The van der Waals surface area contributed by atoms with Crippen molar-refractivity contribution in [3.63, 3.8) is 0 Å². The van der Waals surface area contributed by atoms with E-state index in [1.165, 1.54) is 12.3 Å². The predicted octanol–water partition coefficient (Wildman–Crippen LogP) is 0.526. The summed E-state index contributed by atoms with van der Waals surface area (Å²) in [4.78, 5) is 13.6. The molecule has 0 bridgehead atoms. The number of ether oxygens (including phenoxy) is 1. The summed E-state index contributed by atoms with van der Waals surface area (Å²) < 4.78 is 38.0. The van der Waals surface area contributed by atoms with Crippen LogP contribution in [0.15, 0.2) is 23.2 Å². The molecule has 0 aliphatic heterocycles. The van der Waals surface area contributed by atoms with E-state index in [2.05, 4.69) is 9.72 Å². The molecule has 0 aliphatic rings. The zero-order valence-corrected chi connectivity index (χ0v) is 7.91. The Morgan fingerprint density at radius 2 is 2.21 bits per heavy atom. The highest BCUT2D eigenvalue weighted by Gasteiger charge is 2.23. The number of carbonyl (C=O) groups excluding carboxylic acids is 1. The van der Waals surface area contributed by atoms with Crippen LogP contribution in [0, 0.1) is 0 Å². The number of esters is 1. The number of methoxy groups -OCH3 is 1. The van der Waals surface area contributed by atoms with Crippen LogP contribution in [0.1, 0.15) is 10.5 Å². The number of rotatable bonds is 2. The third kappa shape index (κ3) is 2.05. The van der Waals surface area contributed by atoms with Gasteiger partial charge in [-0.1, -0.05) is 0 Å². The van der Waals surface area contributed by atoms with Gasteiger partial charge in [-0.05, 0) is 12.1 Å². The highest BCUT2D eigenvalue weighted by atomic mass is 32.3. The first-order valence-corrected chi connectivity index (χ1v) is 4.83. The van der Waals surface area contributed by atoms with Crippen molar-refractivity contribution in [2.75, 3.05) is 7.11 Å². The molecule has 0 saturated heterocycles. The van der Waals surface area contributed by atoms with E-state index in [0.29, 0.717) is 0 Å². The molecule has 1 heterocycles. The smallest absolute Gasteiger partial charge is 0.358 e. The van der Waals surface area contributed by atoms with Crippen molar-refractivity contribution < 1.29 is 21.8 Å². The molecule has 1 rings (SSSR count). The van der Waals surface area contributed by atoms with Gasteiger partial charge in [0.25, 0.3) is 0 Å². The van der Waals surface area contributed by atoms with Crippen molar-refractivity contribution in [2.45, 2.75) is 4.90 Å². The Balaban J connectivity index is 3.38. The molecule has 7 heteroatoms.